The number of hydrogen-bond donors (Lipinski definition) is 1. The first kappa shape index (κ1) is 18.1. The highest BCUT2D eigenvalue weighted by Crippen LogP contribution is 2.03. The molecule has 1 amide bonds. The molecule has 0 radical (unpaired) electrons. The van der Waals surface area contributed by atoms with Crippen molar-refractivity contribution in [3.05, 3.63) is 12.2 Å². The van der Waals surface area contributed by atoms with Gasteiger partial charge in [0.2, 0.25) is 5.91 Å². The number of nitrogens with zero attached hydrogens (tertiary/aromatic N) is 1. The zero-order valence-corrected chi connectivity index (χ0v) is 12.9. The second kappa shape index (κ2) is 7.02. The van der Waals surface area contributed by atoms with Crippen LogP contribution in [0.1, 0.15) is 20.3 Å². The Labute approximate surface area is 115 Å². The Bertz CT molecular complexity index is 429. The van der Waals surface area contributed by atoms with Crippen LogP contribution >= 0.6 is 0 Å². The number of amides is 1. The Morgan fingerprint density at radius 1 is 1.42 bits per heavy atom. The normalized spacial score (nSPS) is 13.9. The highest BCUT2D eigenvalue weighted by Gasteiger charge is 2.20. The molecule has 0 saturated heterocycles. The molecule has 0 aliphatic rings. The van der Waals surface area contributed by atoms with Crippen molar-refractivity contribution in [1.82, 2.24) is 5.32 Å². The van der Waals surface area contributed by atoms with Crippen LogP contribution in [0.3, 0.4) is 0 Å². The lowest BCUT2D eigenvalue weighted by molar-refractivity contribution is -0.891. The minimum absolute atomic E-state index is 0.0527. The molecule has 6 nitrogen and oxygen atoms in total. The summed E-state index contributed by atoms with van der Waals surface area (Å²) in [6, 6.07) is -0.0527. The summed E-state index contributed by atoms with van der Waals surface area (Å²) >= 11 is 0. The van der Waals surface area contributed by atoms with Crippen LogP contribution < -0.4 is 5.32 Å². The average molecular weight is 292 g/mol. The highest BCUT2D eigenvalue weighted by molar-refractivity contribution is 7.85. The van der Waals surface area contributed by atoms with Gasteiger partial charge in [0.25, 0.3) is 0 Å². The molecule has 0 aromatic rings. The summed E-state index contributed by atoms with van der Waals surface area (Å²) in [5, 5.41) is 2.81. The third-order valence-electron chi connectivity index (χ3n) is 2.69. The number of rotatable bonds is 8. The zero-order chi connectivity index (χ0) is 15.3. The lowest BCUT2D eigenvalue weighted by Crippen LogP contribution is -2.50. The van der Waals surface area contributed by atoms with E-state index in [1.54, 1.807) is 6.92 Å². The largest absolute Gasteiger partial charge is 0.748 e. The second-order valence-corrected chi connectivity index (χ2v) is 7.14. The first-order chi connectivity index (χ1) is 8.43. The first-order valence-electron chi connectivity index (χ1n) is 6.15. The Hall–Kier alpha value is -0.920. The summed E-state index contributed by atoms with van der Waals surface area (Å²) < 4.78 is 32.1. The van der Waals surface area contributed by atoms with Crippen molar-refractivity contribution >= 4 is 16.0 Å². The van der Waals surface area contributed by atoms with E-state index in [0.29, 0.717) is 29.6 Å². The Morgan fingerprint density at radius 2 is 1.95 bits per heavy atom. The molecule has 0 saturated carbocycles. The fraction of sp³-hybridized carbons (Fsp3) is 0.750. The molecule has 0 aliphatic carbocycles. The number of quaternary nitrogens is 1. The van der Waals surface area contributed by atoms with Crippen molar-refractivity contribution in [3.63, 3.8) is 0 Å². The number of hydrogen-bond acceptors (Lipinski definition) is 4. The van der Waals surface area contributed by atoms with Gasteiger partial charge in [-0.25, -0.2) is 8.42 Å². The number of carbonyl (C=O) groups is 1. The van der Waals surface area contributed by atoms with Gasteiger partial charge in [0.05, 0.1) is 43.3 Å². The minimum atomic E-state index is -4.15. The molecule has 1 unspecified atom stereocenters. The van der Waals surface area contributed by atoms with Crippen molar-refractivity contribution < 1.29 is 22.2 Å². The summed E-state index contributed by atoms with van der Waals surface area (Å²) in [7, 11) is -0.284. The van der Waals surface area contributed by atoms with Gasteiger partial charge in [0, 0.05) is 17.7 Å². The van der Waals surface area contributed by atoms with Crippen LogP contribution in [0.5, 0.6) is 0 Å². The van der Waals surface area contributed by atoms with Gasteiger partial charge in [-0.3, -0.25) is 4.79 Å². The monoisotopic (exact) mass is 292 g/mol. The molecule has 1 atom stereocenters. The third kappa shape index (κ3) is 9.63. The summed E-state index contributed by atoms with van der Waals surface area (Å²) in [6.07, 6.45) is 0.319. The minimum Gasteiger partial charge on any atom is -0.748 e. The van der Waals surface area contributed by atoms with E-state index in [0.717, 1.165) is 0 Å². The lowest BCUT2D eigenvalue weighted by atomic mass is 10.2. The molecule has 0 heterocycles. The van der Waals surface area contributed by atoms with Crippen LogP contribution in [0.15, 0.2) is 12.2 Å². The van der Waals surface area contributed by atoms with Gasteiger partial charge < -0.3 is 14.4 Å². The third-order valence-corrected chi connectivity index (χ3v) is 3.48. The molecular formula is C12H24N2O4S. The van der Waals surface area contributed by atoms with Crippen LogP contribution in [0, 0.1) is 0 Å². The molecule has 0 bridgehead atoms. The Morgan fingerprint density at radius 3 is 2.37 bits per heavy atom. The van der Waals surface area contributed by atoms with E-state index in [-0.39, 0.29) is 17.7 Å². The van der Waals surface area contributed by atoms with E-state index in [2.05, 4.69) is 11.9 Å². The van der Waals surface area contributed by atoms with Crippen LogP contribution in [0.2, 0.25) is 0 Å². The molecule has 112 valence electrons. The quantitative estimate of drug-likeness (QED) is 0.390. The van der Waals surface area contributed by atoms with Gasteiger partial charge in [-0.1, -0.05) is 6.58 Å². The summed E-state index contributed by atoms with van der Waals surface area (Å²) in [5.41, 5.74) is 0.453. The van der Waals surface area contributed by atoms with Gasteiger partial charge in [-0.05, 0) is 13.8 Å². The molecule has 0 aromatic heterocycles. The lowest BCUT2D eigenvalue weighted by Gasteiger charge is -2.32. The molecule has 0 aromatic carbocycles. The maximum atomic E-state index is 11.4. The highest BCUT2D eigenvalue weighted by atomic mass is 32.2. The van der Waals surface area contributed by atoms with Gasteiger partial charge in [0.1, 0.15) is 0 Å². The molecule has 19 heavy (non-hydrogen) atoms. The van der Waals surface area contributed by atoms with Gasteiger partial charge in [-0.2, -0.15) is 0 Å². The zero-order valence-electron chi connectivity index (χ0n) is 12.1. The second-order valence-electron chi connectivity index (χ2n) is 5.61. The van der Waals surface area contributed by atoms with Crippen molar-refractivity contribution in [2.24, 2.45) is 0 Å². The smallest absolute Gasteiger partial charge is 0.246 e. The van der Waals surface area contributed by atoms with E-state index in [1.165, 1.54) is 0 Å². The average Bonchev–Trinajstić information content (AvgIpc) is 2.12. The van der Waals surface area contributed by atoms with Gasteiger partial charge in [-0.15, -0.1) is 0 Å². The standard InChI is InChI=1S/C12H24N2O4S/c1-10(2)12(15)13-11(3)9-14(4,5)7-6-8-19(16,17)18/h11H,1,6-9H2,2-5H3,(H-,13,15,16,17,18). The summed E-state index contributed by atoms with van der Waals surface area (Å²) in [6.45, 7) is 8.30. The maximum Gasteiger partial charge on any atom is 0.246 e. The van der Waals surface area contributed by atoms with E-state index < -0.39 is 10.1 Å². The van der Waals surface area contributed by atoms with Crippen LogP contribution in [0.25, 0.3) is 0 Å². The van der Waals surface area contributed by atoms with Crippen LogP contribution in [-0.2, 0) is 14.9 Å². The van der Waals surface area contributed by atoms with Gasteiger partial charge in [0.15, 0.2) is 0 Å². The van der Waals surface area contributed by atoms with Crippen molar-refractivity contribution in [2.45, 2.75) is 26.3 Å². The number of carbonyl (C=O) groups excluding carboxylic acids is 1. The molecule has 0 aliphatic heterocycles. The Balaban J connectivity index is 4.21. The predicted molar refractivity (Wildman–Crippen MR) is 73.4 cm³/mol. The molecule has 0 rings (SSSR count). The molecule has 0 fully saturated rings. The molecule has 0 spiro atoms. The van der Waals surface area contributed by atoms with E-state index in [4.69, 9.17) is 0 Å². The first-order valence-corrected chi connectivity index (χ1v) is 7.72. The summed E-state index contributed by atoms with van der Waals surface area (Å²) in [4.78, 5) is 11.4. The van der Waals surface area contributed by atoms with Crippen molar-refractivity contribution in [1.29, 1.82) is 0 Å². The topological polar surface area (TPSA) is 86.3 Å². The number of likely N-dealkylation sites (N-methyl/N-ethyl adjacent to an activating group) is 1. The van der Waals surface area contributed by atoms with Gasteiger partial charge >= 0.3 is 0 Å². The maximum absolute atomic E-state index is 11.4. The fourth-order valence-corrected chi connectivity index (χ4v) is 2.38. The molecule has 1 N–H and O–H groups in total. The summed E-state index contributed by atoms with van der Waals surface area (Å²) in [5.74, 6) is -0.532. The fourth-order valence-electron chi connectivity index (χ4n) is 1.89. The van der Waals surface area contributed by atoms with E-state index >= 15 is 0 Å². The van der Waals surface area contributed by atoms with Crippen molar-refractivity contribution in [2.75, 3.05) is 32.9 Å². The number of nitrogens with one attached hydrogen (secondary N) is 1. The van der Waals surface area contributed by atoms with Crippen LogP contribution in [0.4, 0.5) is 0 Å². The predicted octanol–water partition coefficient (Wildman–Crippen LogP) is 0.0789. The Kier molecular flexibility index (Phi) is 6.68. The van der Waals surface area contributed by atoms with E-state index in [9.17, 15) is 17.8 Å². The van der Waals surface area contributed by atoms with Crippen LogP contribution in [-0.4, -0.2) is 62.3 Å². The molecular weight excluding hydrogens is 268 g/mol. The van der Waals surface area contributed by atoms with Crippen molar-refractivity contribution in [3.8, 4) is 0 Å². The van der Waals surface area contributed by atoms with E-state index in [1.807, 2.05) is 21.0 Å². The molecule has 7 heteroatoms. The SMILES string of the molecule is C=C(C)C(=O)NC(C)C[N+](C)(C)CCCS(=O)(=O)[O-].